The Labute approximate surface area is 315 Å². The molecule has 0 spiro atoms. The van der Waals surface area contributed by atoms with Crippen molar-refractivity contribution in [2.45, 2.75) is 36.5 Å². The molecular formula is C43H31F6NO6. The number of imide groups is 1. The summed E-state index contributed by atoms with van der Waals surface area (Å²) in [7, 11) is 1.36. The minimum absolute atomic E-state index is 0.0787. The lowest BCUT2D eigenvalue weighted by molar-refractivity contribution is -0.143. The molecule has 6 atom stereocenters. The maximum atomic E-state index is 15.2. The molecule has 1 saturated carbocycles. The molecule has 1 N–H and O–H groups in total. The van der Waals surface area contributed by atoms with Gasteiger partial charge in [-0.1, -0.05) is 78.4 Å². The van der Waals surface area contributed by atoms with E-state index in [2.05, 4.69) is 0 Å². The van der Waals surface area contributed by atoms with Gasteiger partial charge in [-0.05, 0) is 60.2 Å². The van der Waals surface area contributed by atoms with Gasteiger partial charge in [-0.3, -0.25) is 19.2 Å². The van der Waals surface area contributed by atoms with E-state index in [0.717, 1.165) is 0 Å². The lowest BCUT2D eigenvalue weighted by Gasteiger charge is -2.55. The summed E-state index contributed by atoms with van der Waals surface area (Å²) in [6.45, 7) is 0. The number of rotatable bonds is 5. The highest BCUT2D eigenvalue weighted by atomic mass is 19.4. The fraction of sp³-hybridized carbons (Fsp3) is 0.256. The standard InChI is InChI=1S/C43H31F6NO6/c1-56-34-19-27(51)12-13-29(34)37-28-14-15-30-36(40(55)50(39(30)54)26-17-24(42(44,45)46)16-25(18-26)43(47,48)49)32(28)20-33-38(53)31(22-8-4-2-5-9-22)21-35(52)41(33,37)23-10-6-3-7-11-23/h2-14,16-19,21,30,32-33,36-37,51H,15,20H2,1H3. The van der Waals surface area contributed by atoms with Crippen molar-refractivity contribution in [1.82, 2.24) is 0 Å². The summed E-state index contributed by atoms with van der Waals surface area (Å²) >= 11 is 0. The second-order valence-electron chi connectivity index (χ2n) is 14.5. The molecule has 286 valence electrons. The van der Waals surface area contributed by atoms with E-state index in [1.165, 1.54) is 25.3 Å². The molecule has 0 radical (unpaired) electrons. The Bertz CT molecular complexity index is 2340. The average Bonchev–Trinajstić information content (AvgIpc) is 3.44. The van der Waals surface area contributed by atoms with Gasteiger partial charge < -0.3 is 9.84 Å². The number of phenolic OH excluding ortho intramolecular Hbond substituents is 1. The number of allylic oxidation sites excluding steroid dienone is 4. The number of carbonyl (C=O) groups excluding carboxylic acids is 4. The topological polar surface area (TPSA) is 101 Å². The SMILES string of the molecule is COc1cc(O)ccc1C1C2=CCC3C(=O)N(c4cc(C(F)(F)F)cc(C(F)(F)F)c4)C(=O)C3C2CC2C(=O)C(c3ccccc3)=CC(=O)C21c1ccccc1. The molecule has 2 amide bonds. The summed E-state index contributed by atoms with van der Waals surface area (Å²) in [5, 5.41) is 10.5. The number of ether oxygens (including phenoxy) is 1. The van der Waals surface area contributed by atoms with Crippen LogP contribution in [0.3, 0.4) is 0 Å². The summed E-state index contributed by atoms with van der Waals surface area (Å²) in [5.41, 5.74) is -3.95. The van der Waals surface area contributed by atoms with E-state index in [0.29, 0.717) is 39.3 Å². The molecule has 56 heavy (non-hydrogen) atoms. The number of alkyl halides is 6. The molecule has 0 bridgehead atoms. The van der Waals surface area contributed by atoms with E-state index in [1.807, 2.05) is 0 Å². The maximum Gasteiger partial charge on any atom is 0.416 e. The van der Waals surface area contributed by atoms with Gasteiger partial charge >= 0.3 is 12.4 Å². The smallest absolute Gasteiger partial charge is 0.416 e. The lowest BCUT2D eigenvalue weighted by atomic mass is 9.44. The highest BCUT2D eigenvalue weighted by Gasteiger charge is 2.66. The molecular weight excluding hydrogens is 740 g/mol. The molecule has 13 heteroatoms. The van der Waals surface area contributed by atoms with Crippen LogP contribution in [0.4, 0.5) is 32.0 Å². The molecule has 3 aliphatic carbocycles. The van der Waals surface area contributed by atoms with Gasteiger partial charge in [0.2, 0.25) is 11.8 Å². The van der Waals surface area contributed by atoms with Gasteiger partial charge in [0.25, 0.3) is 0 Å². The highest BCUT2D eigenvalue weighted by molar-refractivity contribution is 6.32. The third-order valence-corrected chi connectivity index (χ3v) is 11.7. The van der Waals surface area contributed by atoms with Crippen LogP contribution in [0.25, 0.3) is 5.57 Å². The first kappa shape index (κ1) is 37.0. The summed E-state index contributed by atoms with van der Waals surface area (Å²) in [6, 6.07) is 22.1. The van der Waals surface area contributed by atoms with Gasteiger partial charge in [-0.25, -0.2) is 4.90 Å². The molecule has 4 aromatic rings. The molecule has 6 unspecified atom stereocenters. The van der Waals surface area contributed by atoms with E-state index in [4.69, 9.17) is 4.74 Å². The predicted octanol–water partition coefficient (Wildman–Crippen LogP) is 8.47. The summed E-state index contributed by atoms with van der Waals surface area (Å²) < 4.78 is 89.3. The zero-order valence-corrected chi connectivity index (χ0v) is 29.4. The van der Waals surface area contributed by atoms with Gasteiger partial charge in [0.15, 0.2) is 11.6 Å². The predicted molar refractivity (Wildman–Crippen MR) is 190 cm³/mol. The molecule has 4 aliphatic rings. The van der Waals surface area contributed by atoms with Crippen molar-refractivity contribution in [3.05, 3.63) is 143 Å². The first-order chi connectivity index (χ1) is 26.6. The number of halogens is 6. The van der Waals surface area contributed by atoms with E-state index in [9.17, 15) is 41.0 Å². The van der Waals surface area contributed by atoms with Gasteiger partial charge in [0.1, 0.15) is 11.5 Å². The number of ketones is 2. The molecule has 4 aromatic carbocycles. The Balaban J connectivity index is 1.35. The van der Waals surface area contributed by atoms with E-state index in [1.54, 1.807) is 72.8 Å². The highest BCUT2D eigenvalue weighted by Crippen LogP contribution is 2.64. The Morgan fingerprint density at radius 3 is 2.00 bits per heavy atom. The van der Waals surface area contributed by atoms with Crippen molar-refractivity contribution in [2.24, 2.45) is 23.7 Å². The fourth-order valence-electron chi connectivity index (χ4n) is 9.48. The summed E-state index contributed by atoms with van der Waals surface area (Å²) in [6.07, 6.45) is -7.74. The quantitative estimate of drug-likeness (QED) is 0.124. The fourth-order valence-corrected chi connectivity index (χ4v) is 9.48. The van der Waals surface area contributed by atoms with Gasteiger partial charge in [0, 0.05) is 29.0 Å². The number of anilines is 1. The number of Topliss-reactive ketones (excluding diaryl/α,β-unsaturated/α-hetero) is 1. The largest absolute Gasteiger partial charge is 0.508 e. The third kappa shape index (κ3) is 5.57. The van der Waals surface area contributed by atoms with Crippen LogP contribution >= 0.6 is 0 Å². The monoisotopic (exact) mass is 771 g/mol. The van der Waals surface area contributed by atoms with Crippen LogP contribution in [0.1, 0.15) is 46.6 Å². The number of methoxy groups -OCH3 is 1. The zero-order valence-electron chi connectivity index (χ0n) is 29.4. The number of hydrogen-bond acceptors (Lipinski definition) is 6. The summed E-state index contributed by atoms with van der Waals surface area (Å²) in [4.78, 5) is 59.3. The number of amides is 2. The van der Waals surface area contributed by atoms with Crippen LogP contribution in [0.5, 0.6) is 11.5 Å². The molecule has 1 aliphatic heterocycles. The Kier molecular flexibility index (Phi) is 8.62. The van der Waals surface area contributed by atoms with Crippen LogP contribution in [-0.2, 0) is 36.9 Å². The van der Waals surface area contributed by atoms with Crippen LogP contribution < -0.4 is 9.64 Å². The normalized spacial score (nSPS) is 26.3. The second kappa shape index (κ2) is 13.1. The van der Waals surface area contributed by atoms with E-state index >= 15 is 9.59 Å². The van der Waals surface area contributed by atoms with Crippen molar-refractivity contribution in [3.63, 3.8) is 0 Å². The van der Waals surface area contributed by atoms with Crippen molar-refractivity contribution < 1.29 is 55.4 Å². The van der Waals surface area contributed by atoms with Crippen LogP contribution in [0.15, 0.2) is 115 Å². The lowest BCUT2D eigenvalue weighted by Crippen LogP contribution is -2.58. The Morgan fingerprint density at radius 1 is 0.768 bits per heavy atom. The first-order valence-electron chi connectivity index (χ1n) is 17.7. The summed E-state index contributed by atoms with van der Waals surface area (Å²) in [5.74, 6) is -8.53. The molecule has 1 saturated heterocycles. The number of aromatic hydroxyl groups is 1. The number of phenols is 1. The molecule has 8 rings (SSSR count). The molecule has 0 aromatic heterocycles. The van der Waals surface area contributed by atoms with Crippen molar-refractivity contribution in [1.29, 1.82) is 0 Å². The minimum atomic E-state index is -5.23. The molecule has 7 nitrogen and oxygen atoms in total. The van der Waals surface area contributed by atoms with Crippen LogP contribution in [0.2, 0.25) is 0 Å². The minimum Gasteiger partial charge on any atom is -0.508 e. The Morgan fingerprint density at radius 2 is 1.39 bits per heavy atom. The number of nitrogens with zero attached hydrogens (tertiary/aromatic N) is 1. The maximum absolute atomic E-state index is 15.2. The van der Waals surface area contributed by atoms with E-state index in [-0.39, 0.29) is 36.0 Å². The van der Waals surface area contributed by atoms with Crippen molar-refractivity contribution in [3.8, 4) is 11.5 Å². The zero-order chi connectivity index (χ0) is 39.9. The van der Waals surface area contributed by atoms with Gasteiger partial charge in [-0.2, -0.15) is 26.3 Å². The number of carbonyl (C=O) groups is 4. The number of fused-ring (bicyclic) bond motifs is 4. The van der Waals surface area contributed by atoms with Gasteiger partial charge in [0.05, 0.1) is 41.2 Å². The van der Waals surface area contributed by atoms with Crippen molar-refractivity contribution >= 4 is 34.6 Å². The number of hydrogen-bond donors (Lipinski definition) is 1. The van der Waals surface area contributed by atoms with Crippen molar-refractivity contribution in [2.75, 3.05) is 12.0 Å². The van der Waals surface area contributed by atoms with E-state index < -0.39 is 87.6 Å². The number of benzene rings is 4. The Hall–Kier alpha value is -5.98. The average molecular weight is 772 g/mol. The third-order valence-electron chi connectivity index (χ3n) is 11.7. The second-order valence-corrected chi connectivity index (χ2v) is 14.5. The van der Waals surface area contributed by atoms with Crippen LogP contribution in [-0.4, -0.2) is 35.6 Å². The molecule has 1 heterocycles. The van der Waals surface area contributed by atoms with Crippen LogP contribution in [0, 0.1) is 23.7 Å². The first-order valence-corrected chi connectivity index (χ1v) is 17.7. The molecule has 2 fully saturated rings. The van der Waals surface area contributed by atoms with Gasteiger partial charge in [-0.15, -0.1) is 0 Å².